The summed E-state index contributed by atoms with van der Waals surface area (Å²) >= 11 is 5.39. The Bertz CT molecular complexity index is 141. The summed E-state index contributed by atoms with van der Waals surface area (Å²) in [4.78, 5) is 10.3. The van der Waals surface area contributed by atoms with Crippen LogP contribution in [0.25, 0.3) is 0 Å². The number of hydrogen-bond acceptors (Lipinski definition) is 2. The molecule has 0 aromatic rings. The van der Waals surface area contributed by atoms with Gasteiger partial charge in [-0.3, -0.25) is 4.79 Å². The Morgan fingerprint density at radius 1 is 1.60 bits per heavy atom. The number of halogens is 1. The fourth-order valence-corrected chi connectivity index (χ4v) is 0.670. The largest absolute Gasteiger partial charge is 0.461 e. The molecule has 3 heteroatoms. The number of hydrogen-bond donors (Lipinski definition) is 0. The van der Waals surface area contributed by atoms with Crippen molar-refractivity contribution in [3.8, 4) is 0 Å². The molecule has 0 aromatic carbocycles. The van der Waals surface area contributed by atoms with Crippen LogP contribution in [0.5, 0.6) is 0 Å². The summed E-state index contributed by atoms with van der Waals surface area (Å²) in [6.45, 7) is 3.60. The Kier molecular flexibility index (Phi) is 5.03. The summed E-state index contributed by atoms with van der Waals surface area (Å²) in [5, 5.41) is 0. The molecule has 0 heterocycles. The normalized spacial score (nSPS) is 11.3. The van der Waals surface area contributed by atoms with Gasteiger partial charge in [0.05, 0.1) is 0 Å². The van der Waals surface area contributed by atoms with Gasteiger partial charge in [-0.25, -0.2) is 0 Å². The third-order valence-electron chi connectivity index (χ3n) is 0.929. The van der Waals surface area contributed by atoms with E-state index in [1.54, 1.807) is 0 Å². The fraction of sp³-hybridized carbons (Fsp3) is 0.571. The van der Waals surface area contributed by atoms with Crippen molar-refractivity contribution in [3.05, 3.63) is 11.6 Å². The molecule has 0 unspecified atom stereocenters. The van der Waals surface area contributed by atoms with Gasteiger partial charge in [0, 0.05) is 12.8 Å². The quantitative estimate of drug-likeness (QED) is 0.359. The van der Waals surface area contributed by atoms with Gasteiger partial charge in [-0.05, 0) is 12.5 Å². The van der Waals surface area contributed by atoms with Crippen LogP contribution in [0.4, 0.5) is 0 Å². The number of allylic oxidation sites excluding steroid dienone is 1. The van der Waals surface area contributed by atoms with Crippen molar-refractivity contribution >= 4 is 17.6 Å². The van der Waals surface area contributed by atoms with E-state index >= 15 is 0 Å². The van der Waals surface area contributed by atoms with Gasteiger partial charge in [0.1, 0.15) is 6.61 Å². The highest BCUT2D eigenvalue weighted by molar-refractivity contribution is 6.18. The number of carbonyl (C=O) groups is 1. The fourth-order valence-electron chi connectivity index (χ4n) is 0.406. The molecule has 0 atom stereocenters. The number of alkyl halides is 1. The molecule has 0 saturated heterocycles. The van der Waals surface area contributed by atoms with Gasteiger partial charge in [-0.2, -0.15) is 0 Å². The van der Waals surface area contributed by atoms with Crippen molar-refractivity contribution in [2.45, 2.75) is 13.8 Å². The maximum Gasteiger partial charge on any atom is 0.302 e. The molecule has 0 fully saturated rings. The summed E-state index contributed by atoms with van der Waals surface area (Å²) < 4.78 is 4.69. The van der Waals surface area contributed by atoms with Crippen molar-refractivity contribution in [1.82, 2.24) is 0 Å². The monoisotopic (exact) mass is 162 g/mol. The molecule has 0 saturated carbocycles. The molecule has 0 aliphatic carbocycles. The van der Waals surface area contributed by atoms with Crippen LogP contribution in [0.15, 0.2) is 11.6 Å². The van der Waals surface area contributed by atoms with E-state index in [2.05, 4.69) is 0 Å². The standard InChI is InChI=1S/C7H11ClO2/c1-6(3-4-8)5-10-7(2)9/h3H,4-5H2,1-2H3/b6-3-. The van der Waals surface area contributed by atoms with Crippen LogP contribution in [0, 0.1) is 0 Å². The summed E-state index contributed by atoms with van der Waals surface area (Å²) in [7, 11) is 0. The smallest absolute Gasteiger partial charge is 0.302 e. The third-order valence-corrected chi connectivity index (χ3v) is 1.08. The van der Waals surface area contributed by atoms with E-state index in [4.69, 9.17) is 16.3 Å². The first kappa shape index (κ1) is 9.50. The first-order valence-corrected chi connectivity index (χ1v) is 3.55. The second-order valence-electron chi connectivity index (χ2n) is 1.99. The molecule has 0 N–H and O–H groups in total. The molecular weight excluding hydrogens is 152 g/mol. The Morgan fingerprint density at radius 3 is 2.60 bits per heavy atom. The van der Waals surface area contributed by atoms with Crippen LogP contribution in [0.2, 0.25) is 0 Å². The van der Waals surface area contributed by atoms with Gasteiger partial charge in [0.2, 0.25) is 0 Å². The molecule has 0 aliphatic heterocycles. The number of ether oxygens (including phenoxy) is 1. The van der Waals surface area contributed by atoms with Gasteiger partial charge in [0.25, 0.3) is 0 Å². The zero-order chi connectivity index (χ0) is 7.98. The maximum absolute atomic E-state index is 10.3. The first-order chi connectivity index (χ1) is 4.66. The van der Waals surface area contributed by atoms with Crippen molar-refractivity contribution in [3.63, 3.8) is 0 Å². The average Bonchev–Trinajstić information content (AvgIpc) is 1.85. The van der Waals surface area contributed by atoms with Crippen molar-refractivity contribution in [2.24, 2.45) is 0 Å². The minimum atomic E-state index is -0.262. The second kappa shape index (κ2) is 5.30. The number of esters is 1. The van der Waals surface area contributed by atoms with E-state index in [0.717, 1.165) is 5.57 Å². The Hall–Kier alpha value is -0.500. The van der Waals surface area contributed by atoms with Gasteiger partial charge < -0.3 is 4.74 Å². The van der Waals surface area contributed by atoms with Crippen LogP contribution in [-0.2, 0) is 9.53 Å². The average molecular weight is 163 g/mol. The van der Waals surface area contributed by atoms with E-state index in [0.29, 0.717) is 12.5 Å². The van der Waals surface area contributed by atoms with Gasteiger partial charge >= 0.3 is 5.97 Å². The lowest BCUT2D eigenvalue weighted by molar-refractivity contribution is -0.139. The molecule has 58 valence electrons. The lowest BCUT2D eigenvalue weighted by atomic mass is 10.3. The van der Waals surface area contributed by atoms with Crippen LogP contribution in [-0.4, -0.2) is 18.5 Å². The van der Waals surface area contributed by atoms with Crippen LogP contribution in [0.1, 0.15) is 13.8 Å². The van der Waals surface area contributed by atoms with Crippen molar-refractivity contribution < 1.29 is 9.53 Å². The lowest BCUT2D eigenvalue weighted by Crippen LogP contribution is -2.01. The summed E-state index contributed by atoms with van der Waals surface area (Å²) in [6.07, 6.45) is 1.81. The molecule has 0 aromatic heterocycles. The van der Waals surface area contributed by atoms with Gasteiger partial charge in [0.15, 0.2) is 0 Å². The van der Waals surface area contributed by atoms with E-state index in [9.17, 15) is 4.79 Å². The molecular formula is C7H11ClO2. The number of carbonyl (C=O) groups excluding carboxylic acids is 1. The highest BCUT2D eigenvalue weighted by Gasteiger charge is 1.92. The van der Waals surface area contributed by atoms with E-state index in [-0.39, 0.29) is 5.97 Å². The molecule has 0 aliphatic rings. The van der Waals surface area contributed by atoms with Gasteiger partial charge in [-0.15, -0.1) is 11.6 Å². The second-order valence-corrected chi connectivity index (χ2v) is 2.29. The van der Waals surface area contributed by atoms with Crippen LogP contribution < -0.4 is 0 Å². The van der Waals surface area contributed by atoms with E-state index in [1.807, 2.05) is 13.0 Å². The first-order valence-electron chi connectivity index (χ1n) is 3.01. The predicted octanol–water partition coefficient (Wildman–Crippen LogP) is 1.73. The predicted molar refractivity (Wildman–Crippen MR) is 41.1 cm³/mol. The van der Waals surface area contributed by atoms with Crippen LogP contribution in [0.3, 0.4) is 0 Å². The highest BCUT2D eigenvalue weighted by Crippen LogP contribution is 1.94. The SMILES string of the molecule is CC(=O)OC/C(C)=C\CCl. The molecule has 2 nitrogen and oxygen atoms in total. The number of rotatable bonds is 3. The lowest BCUT2D eigenvalue weighted by Gasteiger charge is -1.99. The minimum absolute atomic E-state index is 0.262. The third kappa shape index (κ3) is 5.63. The molecule has 0 radical (unpaired) electrons. The zero-order valence-electron chi connectivity index (χ0n) is 6.19. The molecule has 0 bridgehead atoms. The topological polar surface area (TPSA) is 26.3 Å². The van der Waals surface area contributed by atoms with Crippen LogP contribution >= 0.6 is 11.6 Å². The van der Waals surface area contributed by atoms with Crippen molar-refractivity contribution in [2.75, 3.05) is 12.5 Å². The maximum atomic E-state index is 10.3. The molecule has 10 heavy (non-hydrogen) atoms. The summed E-state index contributed by atoms with van der Waals surface area (Å²) in [6, 6.07) is 0. The Labute approximate surface area is 65.8 Å². The van der Waals surface area contributed by atoms with Crippen molar-refractivity contribution in [1.29, 1.82) is 0 Å². The molecule has 0 amide bonds. The minimum Gasteiger partial charge on any atom is -0.461 e. The summed E-state index contributed by atoms with van der Waals surface area (Å²) in [5.41, 5.74) is 0.977. The van der Waals surface area contributed by atoms with Gasteiger partial charge in [-0.1, -0.05) is 6.08 Å². The molecule has 0 spiro atoms. The summed E-state index contributed by atoms with van der Waals surface area (Å²) in [5.74, 6) is 0.204. The highest BCUT2D eigenvalue weighted by atomic mass is 35.5. The Morgan fingerprint density at radius 2 is 2.20 bits per heavy atom. The molecule has 0 rings (SSSR count). The van der Waals surface area contributed by atoms with E-state index in [1.165, 1.54) is 6.92 Å². The van der Waals surface area contributed by atoms with E-state index < -0.39 is 0 Å². The zero-order valence-corrected chi connectivity index (χ0v) is 6.94. The Balaban J connectivity index is 3.48.